The van der Waals surface area contributed by atoms with Gasteiger partial charge in [-0.05, 0) is 80.5 Å². The van der Waals surface area contributed by atoms with Crippen molar-refractivity contribution < 1.29 is 28.5 Å². The molecule has 6 aliphatic rings. The Hall–Kier alpha value is -1.40. The Balaban J connectivity index is 1.26. The van der Waals surface area contributed by atoms with Crippen LogP contribution < -0.4 is 0 Å². The molecule has 35 heavy (non-hydrogen) atoms. The minimum Gasteiger partial charge on any atom is -0.463 e. The number of hydrogen-bond acceptors (Lipinski definition) is 6. The van der Waals surface area contributed by atoms with Gasteiger partial charge in [-0.1, -0.05) is 38.3 Å². The molecule has 9 atom stereocenters. The third kappa shape index (κ3) is 3.98. The minimum atomic E-state index is -0.429. The number of carbonyl (C=O) groups is 2. The van der Waals surface area contributed by atoms with Crippen LogP contribution in [-0.4, -0.2) is 50.6 Å². The fourth-order valence-electron chi connectivity index (χ4n) is 8.98. The van der Waals surface area contributed by atoms with Gasteiger partial charge in [0, 0.05) is 0 Å². The van der Waals surface area contributed by atoms with Gasteiger partial charge in [-0.2, -0.15) is 0 Å². The Morgan fingerprint density at radius 3 is 2.34 bits per heavy atom. The lowest BCUT2D eigenvalue weighted by Gasteiger charge is -2.60. The van der Waals surface area contributed by atoms with Crippen LogP contribution in [0, 0.1) is 46.3 Å². The second kappa shape index (κ2) is 8.58. The monoisotopic (exact) mass is 486 g/mol. The Kier molecular flexibility index (Phi) is 5.87. The highest BCUT2D eigenvalue weighted by molar-refractivity contribution is 5.77. The Bertz CT molecular complexity index is 916. The molecule has 9 unspecified atom stereocenters. The van der Waals surface area contributed by atoms with Gasteiger partial charge >= 0.3 is 11.9 Å². The highest BCUT2D eigenvalue weighted by Crippen LogP contribution is 2.68. The minimum absolute atomic E-state index is 0.0213. The third-order valence-corrected chi connectivity index (χ3v) is 10.7. The first-order valence-corrected chi connectivity index (χ1v) is 14.0. The number of allylic oxidation sites excluding steroid dienone is 2. The summed E-state index contributed by atoms with van der Waals surface area (Å²) in [6.07, 6.45) is 7.46. The van der Waals surface area contributed by atoms with Gasteiger partial charge in [-0.25, -0.2) is 0 Å². The number of rotatable bonds is 7. The largest absolute Gasteiger partial charge is 0.463 e. The molecule has 2 heterocycles. The maximum absolute atomic E-state index is 13.4. The molecule has 6 heteroatoms. The van der Waals surface area contributed by atoms with Crippen molar-refractivity contribution in [3.8, 4) is 0 Å². The first-order chi connectivity index (χ1) is 16.7. The van der Waals surface area contributed by atoms with Crippen molar-refractivity contribution in [2.45, 2.75) is 84.8 Å². The number of fused-ring (bicyclic) bond motifs is 5. The van der Waals surface area contributed by atoms with Gasteiger partial charge in [0.05, 0.1) is 24.5 Å². The topological polar surface area (TPSA) is 77.7 Å². The number of epoxide rings is 2. The van der Waals surface area contributed by atoms with E-state index < -0.39 is 5.41 Å². The van der Waals surface area contributed by atoms with Crippen LogP contribution in [0.4, 0.5) is 0 Å². The lowest BCUT2D eigenvalue weighted by molar-refractivity contribution is -0.176. The normalized spacial score (nSPS) is 45.6. The van der Waals surface area contributed by atoms with Gasteiger partial charge in [0.1, 0.15) is 25.4 Å². The van der Waals surface area contributed by atoms with E-state index in [1.807, 2.05) is 0 Å². The van der Waals surface area contributed by atoms with Crippen LogP contribution in [0.1, 0.15) is 72.6 Å². The third-order valence-electron chi connectivity index (χ3n) is 10.7. The van der Waals surface area contributed by atoms with E-state index >= 15 is 0 Å². The van der Waals surface area contributed by atoms with Gasteiger partial charge in [-0.3, -0.25) is 9.59 Å². The zero-order chi connectivity index (χ0) is 24.5. The molecule has 0 N–H and O–H groups in total. The second-order valence-corrected chi connectivity index (χ2v) is 13.0. The smallest absolute Gasteiger partial charge is 0.312 e. The standard InChI is InChI=1S/C29H42O6/c1-16(2)25-20-10-22(26(30)34-14-17-12-32-17)21(25)11-23-19(20)6-7-24-28(23,3)8-5-9-29(24,4)27(31)35-15-18-13-33-18/h16-19,21-24H,5-15H2,1-4H3. The van der Waals surface area contributed by atoms with Crippen molar-refractivity contribution in [3.63, 3.8) is 0 Å². The maximum atomic E-state index is 13.4. The molecule has 4 aliphatic carbocycles. The molecule has 6 rings (SSSR count). The lowest BCUT2D eigenvalue weighted by atomic mass is 9.43. The summed E-state index contributed by atoms with van der Waals surface area (Å²) in [5.74, 6) is 2.03. The van der Waals surface area contributed by atoms with E-state index in [1.54, 1.807) is 11.1 Å². The van der Waals surface area contributed by atoms with Gasteiger partial charge in [0.15, 0.2) is 0 Å². The van der Waals surface area contributed by atoms with Crippen molar-refractivity contribution >= 4 is 11.9 Å². The molecule has 0 spiro atoms. The SMILES string of the molecule is CC(C)C1=C2CC(C(=O)OCC3CO3)C1CC1C2CCC2C(C)(C(=O)OCC3CO3)CCCC12C. The number of hydrogen-bond donors (Lipinski definition) is 0. The zero-order valence-electron chi connectivity index (χ0n) is 21.8. The molecule has 6 nitrogen and oxygen atoms in total. The average molecular weight is 487 g/mol. The molecule has 2 bridgehead atoms. The van der Waals surface area contributed by atoms with Crippen molar-refractivity contribution in [1.82, 2.24) is 0 Å². The molecular formula is C29H42O6. The Labute approximate surface area is 209 Å². The summed E-state index contributed by atoms with van der Waals surface area (Å²) < 4.78 is 22.1. The van der Waals surface area contributed by atoms with Crippen LogP contribution in [0.5, 0.6) is 0 Å². The molecule has 0 aromatic carbocycles. The average Bonchev–Trinajstić information content (AvgIpc) is 3.74. The van der Waals surface area contributed by atoms with Gasteiger partial charge in [0.2, 0.25) is 0 Å². The first-order valence-electron chi connectivity index (χ1n) is 14.0. The molecule has 194 valence electrons. The molecule has 0 aromatic rings. The van der Waals surface area contributed by atoms with Crippen molar-refractivity contribution in [2.75, 3.05) is 26.4 Å². The second-order valence-electron chi connectivity index (χ2n) is 13.0. The highest BCUT2D eigenvalue weighted by Gasteiger charge is 2.63. The number of carbonyl (C=O) groups excluding carboxylic acids is 2. The maximum Gasteiger partial charge on any atom is 0.312 e. The summed E-state index contributed by atoms with van der Waals surface area (Å²) in [6, 6.07) is 0. The van der Waals surface area contributed by atoms with E-state index in [-0.39, 0.29) is 41.4 Å². The molecule has 0 amide bonds. The van der Waals surface area contributed by atoms with Crippen molar-refractivity contribution in [3.05, 3.63) is 11.1 Å². The van der Waals surface area contributed by atoms with Crippen LogP contribution in [0.3, 0.4) is 0 Å². The quantitative estimate of drug-likeness (QED) is 0.295. The fourth-order valence-corrected chi connectivity index (χ4v) is 8.98. The summed E-state index contributed by atoms with van der Waals surface area (Å²) in [4.78, 5) is 26.6. The van der Waals surface area contributed by atoms with E-state index in [2.05, 4.69) is 27.7 Å². The fraction of sp³-hybridized carbons (Fsp3) is 0.862. The summed E-state index contributed by atoms with van der Waals surface area (Å²) in [5, 5.41) is 0. The molecule has 2 saturated carbocycles. The lowest BCUT2D eigenvalue weighted by Crippen LogP contribution is -2.56. The van der Waals surface area contributed by atoms with Crippen LogP contribution >= 0.6 is 0 Å². The van der Waals surface area contributed by atoms with Crippen LogP contribution in [0.2, 0.25) is 0 Å². The van der Waals surface area contributed by atoms with E-state index in [1.165, 1.54) is 6.42 Å². The van der Waals surface area contributed by atoms with E-state index in [0.717, 1.165) is 38.5 Å². The van der Waals surface area contributed by atoms with E-state index in [0.29, 0.717) is 50.1 Å². The molecule has 0 radical (unpaired) electrons. The number of ether oxygens (including phenoxy) is 4. The molecule has 2 aliphatic heterocycles. The van der Waals surface area contributed by atoms with Gasteiger partial charge in [0.25, 0.3) is 0 Å². The molecule has 0 aromatic heterocycles. The van der Waals surface area contributed by atoms with Crippen LogP contribution in [0.15, 0.2) is 11.1 Å². The van der Waals surface area contributed by atoms with E-state index in [9.17, 15) is 9.59 Å². The summed E-state index contributed by atoms with van der Waals surface area (Å²) in [7, 11) is 0. The predicted octanol–water partition coefficient (Wildman–Crippen LogP) is 4.70. The Morgan fingerprint density at radius 2 is 1.69 bits per heavy atom. The summed E-state index contributed by atoms with van der Waals surface area (Å²) in [6.45, 7) is 11.4. The van der Waals surface area contributed by atoms with Crippen molar-refractivity contribution in [2.24, 2.45) is 46.3 Å². The summed E-state index contributed by atoms with van der Waals surface area (Å²) in [5.41, 5.74) is 2.77. The summed E-state index contributed by atoms with van der Waals surface area (Å²) >= 11 is 0. The molecule has 2 saturated heterocycles. The van der Waals surface area contributed by atoms with Crippen molar-refractivity contribution in [1.29, 1.82) is 0 Å². The molecular weight excluding hydrogens is 444 g/mol. The zero-order valence-corrected chi connectivity index (χ0v) is 21.8. The van der Waals surface area contributed by atoms with Crippen LogP contribution in [-0.2, 0) is 28.5 Å². The van der Waals surface area contributed by atoms with Gasteiger partial charge < -0.3 is 18.9 Å². The Morgan fingerprint density at radius 1 is 1.00 bits per heavy atom. The highest BCUT2D eigenvalue weighted by atomic mass is 16.6. The molecule has 4 fully saturated rings. The predicted molar refractivity (Wildman–Crippen MR) is 129 cm³/mol. The van der Waals surface area contributed by atoms with E-state index in [4.69, 9.17) is 18.9 Å². The van der Waals surface area contributed by atoms with Gasteiger partial charge in [-0.15, -0.1) is 0 Å². The number of esters is 2. The first kappa shape index (κ1) is 24.0. The van der Waals surface area contributed by atoms with Crippen LogP contribution in [0.25, 0.3) is 0 Å².